The van der Waals surface area contributed by atoms with E-state index >= 15 is 0 Å². The van der Waals surface area contributed by atoms with Crippen molar-refractivity contribution >= 4 is 34.1 Å². The lowest BCUT2D eigenvalue weighted by atomic mass is 10.1. The number of nitrogens with one attached hydrogen (secondary N) is 1. The Labute approximate surface area is 150 Å². The number of Topliss-reactive ketones (excluding diaryl/α,β-unsaturated/α-hetero) is 1. The average Bonchev–Trinajstić information content (AvgIpc) is 2.78. The Balaban J connectivity index is 1.53. The maximum atomic E-state index is 12.6. The first-order chi connectivity index (χ1) is 12.6. The highest BCUT2D eigenvalue weighted by Gasteiger charge is 2.29. The van der Waals surface area contributed by atoms with Crippen LogP contribution in [-0.4, -0.2) is 41.3 Å². The van der Waals surface area contributed by atoms with Crippen molar-refractivity contribution < 1.29 is 14.4 Å². The Hall–Kier alpha value is -3.02. The molecule has 0 saturated carbocycles. The molecule has 1 aliphatic heterocycles. The zero-order valence-electron chi connectivity index (χ0n) is 14.3. The Morgan fingerprint density at radius 1 is 1.04 bits per heavy atom. The first-order valence-corrected chi connectivity index (χ1v) is 8.86. The van der Waals surface area contributed by atoms with Crippen LogP contribution in [0.5, 0.6) is 0 Å². The minimum absolute atomic E-state index is 0.000538. The highest BCUT2D eigenvalue weighted by molar-refractivity contribution is 6.59. The summed E-state index contributed by atoms with van der Waals surface area (Å²) >= 11 is 0. The molecule has 0 radical (unpaired) electrons. The van der Waals surface area contributed by atoms with Gasteiger partial charge >= 0.3 is 0 Å². The molecule has 1 N–H and O–H groups in total. The van der Waals surface area contributed by atoms with Gasteiger partial charge in [-0.1, -0.05) is 42.8 Å². The molecule has 6 heteroatoms. The fraction of sp³-hybridized carbons (Fsp3) is 0.300. The van der Waals surface area contributed by atoms with Crippen molar-refractivity contribution in [3.8, 4) is 0 Å². The number of likely N-dealkylation sites (tertiary alicyclic amines) is 1. The van der Waals surface area contributed by atoms with E-state index in [0.717, 1.165) is 35.6 Å². The summed E-state index contributed by atoms with van der Waals surface area (Å²) in [5, 5.41) is 5.93. The standard InChI is InChI=1S/C20H19N3O3/c24-16(12-23-11-3-1-2-10-17(23)25)21-22-19-14-8-4-6-13-7-5-9-15(18(13)14)20(19)26/h4-9H,1-3,10-12H2,(H,21,24). The van der Waals surface area contributed by atoms with Crippen LogP contribution in [-0.2, 0) is 9.59 Å². The van der Waals surface area contributed by atoms with Gasteiger partial charge in [0.2, 0.25) is 11.7 Å². The molecule has 1 saturated heterocycles. The van der Waals surface area contributed by atoms with Gasteiger partial charge in [-0.3, -0.25) is 14.4 Å². The first kappa shape index (κ1) is 16.4. The summed E-state index contributed by atoms with van der Waals surface area (Å²) in [6.07, 6.45) is 3.26. The molecule has 2 aliphatic rings. The molecule has 6 nitrogen and oxygen atoms in total. The van der Waals surface area contributed by atoms with E-state index in [4.69, 9.17) is 0 Å². The van der Waals surface area contributed by atoms with Crippen molar-refractivity contribution in [1.82, 2.24) is 10.3 Å². The number of hydrogen-bond donors (Lipinski definition) is 1. The van der Waals surface area contributed by atoms with Gasteiger partial charge in [-0.2, -0.15) is 5.10 Å². The molecule has 0 aromatic heterocycles. The van der Waals surface area contributed by atoms with Gasteiger partial charge in [0.15, 0.2) is 0 Å². The van der Waals surface area contributed by atoms with E-state index in [1.54, 1.807) is 11.0 Å². The molecule has 2 aromatic rings. The lowest BCUT2D eigenvalue weighted by molar-refractivity contribution is -0.135. The molecular weight excluding hydrogens is 330 g/mol. The molecule has 132 valence electrons. The van der Waals surface area contributed by atoms with Crippen molar-refractivity contribution in [3.05, 3.63) is 47.5 Å². The van der Waals surface area contributed by atoms with E-state index in [9.17, 15) is 14.4 Å². The quantitative estimate of drug-likeness (QED) is 0.863. The van der Waals surface area contributed by atoms with Crippen LogP contribution in [0.2, 0.25) is 0 Å². The fourth-order valence-corrected chi connectivity index (χ4v) is 3.62. The second kappa shape index (κ2) is 6.71. The molecule has 0 spiro atoms. The third-order valence-corrected chi connectivity index (χ3v) is 4.92. The average molecular weight is 349 g/mol. The lowest BCUT2D eigenvalue weighted by Gasteiger charge is -2.18. The number of hydrogen-bond acceptors (Lipinski definition) is 4. The van der Waals surface area contributed by atoms with Gasteiger partial charge in [0, 0.05) is 29.5 Å². The number of ketones is 1. The third kappa shape index (κ3) is 2.87. The molecule has 26 heavy (non-hydrogen) atoms. The van der Waals surface area contributed by atoms with Gasteiger partial charge in [0.05, 0.1) is 0 Å². The Morgan fingerprint density at radius 3 is 2.62 bits per heavy atom. The van der Waals surface area contributed by atoms with Gasteiger partial charge in [0.1, 0.15) is 12.3 Å². The molecule has 1 fully saturated rings. The molecule has 2 amide bonds. The summed E-state index contributed by atoms with van der Waals surface area (Å²) in [5.41, 5.74) is 4.03. The molecular formula is C20H19N3O3. The summed E-state index contributed by atoms with van der Waals surface area (Å²) < 4.78 is 0. The normalized spacial score (nSPS) is 18.5. The Kier molecular flexibility index (Phi) is 4.24. The number of carbonyl (C=O) groups excluding carboxylic acids is 3. The highest BCUT2D eigenvalue weighted by Crippen LogP contribution is 2.30. The number of amides is 2. The summed E-state index contributed by atoms with van der Waals surface area (Å²) in [6, 6.07) is 11.2. The van der Waals surface area contributed by atoms with Crippen LogP contribution in [0.3, 0.4) is 0 Å². The Bertz CT molecular complexity index is 943. The molecule has 0 unspecified atom stereocenters. The molecule has 1 aliphatic carbocycles. The van der Waals surface area contributed by atoms with E-state index < -0.39 is 0 Å². The molecule has 0 bridgehead atoms. The monoisotopic (exact) mass is 349 g/mol. The molecule has 0 atom stereocenters. The first-order valence-electron chi connectivity index (χ1n) is 8.86. The van der Waals surface area contributed by atoms with Gasteiger partial charge in [-0.15, -0.1) is 0 Å². The van der Waals surface area contributed by atoms with Crippen molar-refractivity contribution in [2.45, 2.75) is 25.7 Å². The van der Waals surface area contributed by atoms with Crippen LogP contribution in [0.15, 0.2) is 41.5 Å². The van der Waals surface area contributed by atoms with Gasteiger partial charge in [-0.05, 0) is 18.2 Å². The predicted molar refractivity (Wildman–Crippen MR) is 98.0 cm³/mol. The molecule has 1 heterocycles. The minimum Gasteiger partial charge on any atom is -0.333 e. The second-order valence-electron chi connectivity index (χ2n) is 6.66. The third-order valence-electron chi connectivity index (χ3n) is 4.92. The van der Waals surface area contributed by atoms with Crippen LogP contribution >= 0.6 is 0 Å². The largest absolute Gasteiger partial charge is 0.333 e. The molecule has 4 rings (SSSR count). The zero-order chi connectivity index (χ0) is 18.1. The van der Waals surface area contributed by atoms with Gasteiger partial charge < -0.3 is 4.90 Å². The van der Waals surface area contributed by atoms with Crippen molar-refractivity contribution in [2.24, 2.45) is 5.10 Å². The Morgan fingerprint density at radius 2 is 1.81 bits per heavy atom. The van der Waals surface area contributed by atoms with Crippen LogP contribution in [0.4, 0.5) is 0 Å². The molecule has 2 aromatic carbocycles. The summed E-state index contributed by atoms with van der Waals surface area (Å²) in [6.45, 7) is 0.563. The number of benzene rings is 2. The smallest absolute Gasteiger partial charge is 0.259 e. The SMILES string of the molecule is O=C(CN1CCCCCC1=O)NN=C1C(=O)c2cccc3cccc1c23. The maximum absolute atomic E-state index is 12.6. The maximum Gasteiger partial charge on any atom is 0.259 e. The number of nitrogens with zero attached hydrogens (tertiary/aromatic N) is 2. The number of hydrazone groups is 1. The fourth-order valence-electron chi connectivity index (χ4n) is 3.62. The van der Waals surface area contributed by atoms with Crippen molar-refractivity contribution in [1.29, 1.82) is 0 Å². The van der Waals surface area contributed by atoms with Crippen LogP contribution in [0, 0.1) is 0 Å². The van der Waals surface area contributed by atoms with Crippen molar-refractivity contribution in [2.75, 3.05) is 13.1 Å². The van der Waals surface area contributed by atoms with E-state index in [-0.39, 0.29) is 29.9 Å². The second-order valence-corrected chi connectivity index (χ2v) is 6.66. The predicted octanol–water partition coefficient (Wildman–Crippen LogP) is 2.26. The van der Waals surface area contributed by atoms with E-state index in [1.807, 2.05) is 30.3 Å². The van der Waals surface area contributed by atoms with Gasteiger partial charge in [-0.25, -0.2) is 5.43 Å². The van der Waals surface area contributed by atoms with E-state index in [1.165, 1.54) is 0 Å². The van der Waals surface area contributed by atoms with Crippen LogP contribution in [0.25, 0.3) is 10.8 Å². The zero-order valence-corrected chi connectivity index (χ0v) is 14.3. The minimum atomic E-state index is -0.385. The summed E-state index contributed by atoms with van der Waals surface area (Å²) in [5.74, 6) is -0.578. The van der Waals surface area contributed by atoms with Crippen LogP contribution in [0.1, 0.15) is 41.6 Å². The van der Waals surface area contributed by atoms with Crippen molar-refractivity contribution in [3.63, 3.8) is 0 Å². The number of carbonyl (C=O) groups is 3. The lowest BCUT2D eigenvalue weighted by Crippen LogP contribution is -2.39. The summed E-state index contributed by atoms with van der Waals surface area (Å²) in [4.78, 5) is 38.4. The topological polar surface area (TPSA) is 78.8 Å². The van der Waals surface area contributed by atoms with E-state index in [2.05, 4.69) is 10.5 Å². The summed E-state index contributed by atoms with van der Waals surface area (Å²) in [7, 11) is 0. The van der Waals surface area contributed by atoms with Gasteiger partial charge in [0.25, 0.3) is 5.91 Å². The van der Waals surface area contributed by atoms with Crippen LogP contribution < -0.4 is 5.43 Å². The van der Waals surface area contributed by atoms with E-state index in [0.29, 0.717) is 18.5 Å². The number of rotatable bonds is 3. The highest BCUT2D eigenvalue weighted by atomic mass is 16.2.